The summed E-state index contributed by atoms with van der Waals surface area (Å²) in [5.41, 5.74) is 0.817. The van der Waals surface area contributed by atoms with Gasteiger partial charge in [-0.25, -0.2) is 4.39 Å². The van der Waals surface area contributed by atoms with E-state index in [1.54, 1.807) is 6.07 Å². The molecule has 1 aliphatic rings. The molecule has 20 heavy (non-hydrogen) atoms. The van der Waals surface area contributed by atoms with Gasteiger partial charge in [0.05, 0.1) is 6.61 Å². The quantitative estimate of drug-likeness (QED) is 0.892. The van der Waals surface area contributed by atoms with Crippen molar-refractivity contribution in [3.05, 3.63) is 34.1 Å². The third-order valence-corrected chi connectivity index (χ3v) is 4.46. The van der Waals surface area contributed by atoms with Gasteiger partial charge in [0, 0.05) is 29.5 Å². The van der Waals surface area contributed by atoms with E-state index in [1.165, 1.54) is 12.1 Å². The zero-order chi connectivity index (χ0) is 14.5. The van der Waals surface area contributed by atoms with Gasteiger partial charge in [-0.3, -0.25) is 4.79 Å². The van der Waals surface area contributed by atoms with Crippen LogP contribution in [0.2, 0.25) is 0 Å². The van der Waals surface area contributed by atoms with Gasteiger partial charge in [0.1, 0.15) is 5.82 Å². The van der Waals surface area contributed by atoms with Gasteiger partial charge in [-0.05, 0) is 43.5 Å². The SMILES string of the molecule is C[C@H](NC(=O)CCc1cc(F)ccc1Br)[C@@H]1CCOC1. The average Bonchev–Trinajstić information content (AvgIpc) is 2.94. The maximum absolute atomic E-state index is 13.2. The molecule has 1 heterocycles. The number of rotatable bonds is 5. The van der Waals surface area contributed by atoms with Crippen LogP contribution in [0.4, 0.5) is 4.39 Å². The Balaban J connectivity index is 1.81. The van der Waals surface area contributed by atoms with Gasteiger partial charge in [-0.2, -0.15) is 0 Å². The van der Waals surface area contributed by atoms with Gasteiger partial charge in [0.2, 0.25) is 5.91 Å². The number of halogens is 2. The fraction of sp³-hybridized carbons (Fsp3) is 0.533. The van der Waals surface area contributed by atoms with Crippen LogP contribution >= 0.6 is 15.9 Å². The molecule has 0 radical (unpaired) electrons. The monoisotopic (exact) mass is 343 g/mol. The van der Waals surface area contributed by atoms with Crippen LogP contribution in [-0.4, -0.2) is 25.2 Å². The molecule has 5 heteroatoms. The number of benzene rings is 1. The van der Waals surface area contributed by atoms with Gasteiger partial charge in [0.15, 0.2) is 0 Å². The smallest absolute Gasteiger partial charge is 0.220 e. The van der Waals surface area contributed by atoms with Crippen molar-refractivity contribution in [1.29, 1.82) is 0 Å². The van der Waals surface area contributed by atoms with Crippen LogP contribution in [0.3, 0.4) is 0 Å². The third-order valence-electron chi connectivity index (χ3n) is 3.69. The molecule has 1 fully saturated rings. The van der Waals surface area contributed by atoms with E-state index in [0.717, 1.165) is 29.7 Å². The first-order valence-electron chi connectivity index (χ1n) is 6.87. The molecular formula is C15H19BrFNO2. The van der Waals surface area contributed by atoms with Gasteiger partial charge >= 0.3 is 0 Å². The van der Waals surface area contributed by atoms with Gasteiger partial charge in [-0.1, -0.05) is 15.9 Å². The predicted octanol–water partition coefficient (Wildman–Crippen LogP) is 3.06. The lowest BCUT2D eigenvalue weighted by molar-refractivity contribution is -0.122. The molecule has 110 valence electrons. The van der Waals surface area contributed by atoms with Crippen LogP contribution in [-0.2, 0) is 16.0 Å². The molecule has 1 aliphatic heterocycles. The number of carbonyl (C=O) groups excluding carboxylic acids is 1. The van der Waals surface area contributed by atoms with E-state index < -0.39 is 0 Å². The van der Waals surface area contributed by atoms with E-state index in [4.69, 9.17) is 4.74 Å². The summed E-state index contributed by atoms with van der Waals surface area (Å²) in [6.45, 7) is 3.51. The Morgan fingerprint density at radius 2 is 2.40 bits per heavy atom. The van der Waals surface area contributed by atoms with Crippen molar-refractivity contribution in [2.45, 2.75) is 32.2 Å². The molecule has 3 nitrogen and oxygen atoms in total. The van der Waals surface area contributed by atoms with Gasteiger partial charge in [0.25, 0.3) is 0 Å². The summed E-state index contributed by atoms with van der Waals surface area (Å²) in [5.74, 6) is 0.125. The summed E-state index contributed by atoms with van der Waals surface area (Å²) < 4.78 is 19.3. The van der Waals surface area contributed by atoms with E-state index >= 15 is 0 Å². The Bertz CT molecular complexity index is 475. The van der Waals surface area contributed by atoms with E-state index in [2.05, 4.69) is 21.2 Å². The number of aryl methyl sites for hydroxylation is 1. The molecule has 1 aromatic rings. The van der Waals surface area contributed by atoms with Crippen molar-refractivity contribution in [3.8, 4) is 0 Å². The fourth-order valence-electron chi connectivity index (χ4n) is 2.37. The van der Waals surface area contributed by atoms with Crippen LogP contribution in [0.25, 0.3) is 0 Å². The Morgan fingerprint density at radius 3 is 3.10 bits per heavy atom. The molecule has 0 saturated carbocycles. The van der Waals surface area contributed by atoms with E-state index in [0.29, 0.717) is 18.8 Å². The number of hydrogen-bond acceptors (Lipinski definition) is 2. The van der Waals surface area contributed by atoms with Crippen molar-refractivity contribution < 1.29 is 13.9 Å². The molecule has 2 atom stereocenters. The minimum Gasteiger partial charge on any atom is -0.381 e. The zero-order valence-electron chi connectivity index (χ0n) is 11.5. The Morgan fingerprint density at radius 1 is 1.60 bits per heavy atom. The number of amides is 1. The predicted molar refractivity (Wildman–Crippen MR) is 79.0 cm³/mol. The summed E-state index contributed by atoms with van der Waals surface area (Å²) in [4.78, 5) is 11.9. The number of hydrogen-bond donors (Lipinski definition) is 1. The van der Waals surface area contributed by atoms with Crippen LogP contribution in [0.1, 0.15) is 25.3 Å². The van der Waals surface area contributed by atoms with Crippen molar-refractivity contribution >= 4 is 21.8 Å². The highest BCUT2D eigenvalue weighted by Crippen LogP contribution is 2.20. The second-order valence-corrected chi connectivity index (χ2v) is 6.07. The molecular weight excluding hydrogens is 325 g/mol. The Kier molecular flexibility index (Phi) is 5.54. The molecule has 1 saturated heterocycles. The highest BCUT2D eigenvalue weighted by atomic mass is 79.9. The minimum atomic E-state index is -0.278. The standard InChI is InChI=1S/C15H19BrFNO2/c1-10(12-6-7-20-9-12)18-15(19)5-2-11-8-13(17)3-4-14(11)16/h3-4,8,10,12H,2,5-7,9H2,1H3,(H,18,19)/t10-,12+/m0/s1. The molecule has 0 spiro atoms. The summed E-state index contributed by atoms with van der Waals surface area (Å²) in [5, 5.41) is 3.00. The molecule has 0 aromatic heterocycles. The normalized spacial score (nSPS) is 19.9. The maximum atomic E-state index is 13.2. The van der Waals surface area contributed by atoms with Crippen molar-refractivity contribution in [3.63, 3.8) is 0 Å². The Labute approximate surface area is 127 Å². The number of ether oxygens (including phenoxy) is 1. The lowest BCUT2D eigenvalue weighted by atomic mass is 10.0. The topological polar surface area (TPSA) is 38.3 Å². The van der Waals surface area contributed by atoms with Crippen LogP contribution < -0.4 is 5.32 Å². The van der Waals surface area contributed by atoms with E-state index in [-0.39, 0.29) is 17.8 Å². The first-order valence-corrected chi connectivity index (χ1v) is 7.66. The second-order valence-electron chi connectivity index (χ2n) is 5.22. The molecule has 2 rings (SSSR count). The summed E-state index contributed by atoms with van der Waals surface area (Å²) in [6, 6.07) is 4.66. The minimum absolute atomic E-state index is 0.000520. The maximum Gasteiger partial charge on any atom is 0.220 e. The van der Waals surface area contributed by atoms with Crippen LogP contribution in [0.15, 0.2) is 22.7 Å². The lowest BCUT2D eigenvalue weighted by Gasteiger charge is -2.19. The lowest BCUT2D eigenvalue weighted by Crippen LogP contribution is -2.38. The highest BCUT2D eigenvalue weighted by molar-refractivity contribution is 9.10. The molecule has 0 bridgehead atoms. The molecule has 1 N–H and O–H groups in total. The fourth-order valence-corrected chi connectivity index (χ4v) is 2.82. The summed E-state index contributed by atoms with van der Waals surface area (Å²) in [7, 11) is 0. The Hall–Kier alpha value is -0.940. The van der Waals surface area contributed by atoms with E-state index in [9.17, 15) is 9.18 Å². The van der Waals surface area contributed by atoms with Crippen molar-refractivity contribution in [2.75, 3.05) is 13.2 Å². The summed E-state index contributed by atoms with van der Waals surface area (Å²) in [6.07, 6.45) is 1.88. The van der Waals surface area contributed by atoms with Gasteiger partial charge in [-0.15, -0.1) is 0 Å². The third kappa shape index (κ3) is 4.28. The van der Waals surface area contributed by atoms with Gasteiger partial charge < -0.3 is 10.1 Å². The molecule has 1 aromatic carbocycles. The average molecular weight is 344 g/mol. The van der Waals surface area contributed by atoms with E-state index in [1.807, 2.05) is 6.92 Å². The van der Waals surface area contributed by atoms with Crippen molar-refractivity contribution in [2.24, 2.45) is 5.92 Å². The first kappa shape index (κ1) is 15.4. The largest absolute Gasteiger partial charge is 0.381 e. The summed E-state index contributed by atoms with van der Waals surface area (Å²) >= 11 is 3.37. The molecule has 0 aliphatic carbocycles. The number of carbonyl (C=O) groups is 1. The van der Waals surface area contributed by atoms with Crippen LogP contribution in [0, 0.1) is 11.7 Å². The first-order chi connectivity index (χ1) is 9.56. The van der Waals surface area contributed by atoms with Crippen molar-refractivity contribution in [1.82, 2.24) is 5.32 Å². The molecule has 0 unspecified atom stereocenters. The zero-order valence-corrected chi connectivity index (χ0v) is 13.1. The molecule has 1 amide bonds. The highest BCUT2D eigenvalue weighted by Gasteiger charge is 2.23. The van der Waals surface area contributed by atoms with Crippen LogP contribution in [0.5, 0.6) is 0 Å². The second kappa shape index (κ2) is 7.18. The number of nitrogens with one attached hydrogen (secondary N) is 1.